The molecule has 1 aliphatic heterocycles. The van der Waals surface area contributed by atoms with Gasteiger partial charge < -0.3 is 15.1 Å². The van der Waals surface area contributed by atoms with E-state index in [0.717, 1.165) is 42.3 Å². The van der Waals surface area contributed by atoms with Crippen LogP contribution in [0.3, 0.4) is 0 Å². The fourth-order valence-corrected chi connectivity index (χ4v) is 3.38. The molecule has 0 saturated carbocycles. The zero-order valence-electron chi connectivity index (χ0n) is 15.7. The quantitative estimate of drug-likeness (QED) is 0.647. The van der Waals surface area contributed by atoms with Crippen LogP contribution in [0.25, 0.3) is 11.0 Å². The van der Waals surface area contributed by atoms with Gasteiger partial charge in [-0.15, -0.1) is 0 Å². The SMILES string of the molecule is CCNC(=NCc1cc2ccccc2o1)NC1CN(C(C)C)CC1C. The second kappa shape index (κ2) is 7.91. The molecule has 2 atom stereocenters. The lowest BCUT2D eigenvalue weighted by Crippen LogP contribution is -2.46. The van der Waals surface area contributed by atoms with Crippen LogP contribution < -0.4 is 10.6 Å². The minimum atomic E-state index is 0.427. The Hall–Kier alpha value is -2.01. The van der Waals surface area contributed by atoms with Crippen LogP contribution in [-0.4, -0.2) is 42.6 Å². The van der Waals surface area contributed by atoms with E-state index in [9.17, 15) is 0 Å². The molecule has 5 heteroatoms. The van der Waals surface area contributed by atoms with Crippen LogP contribution in [0.4, 0.5) is 0 Å². The average molecular weight is 342 g/mol. The topological polar surface area (TPSA) is 52.8 Å². The summed E-state index contributed by atoms with van der Waals surface area (Å²) in [6, 6.07) is 11.2. The molecule has 2 unspecified atom stereocenters. The number of nitrogens with one attached hydrogen (secondary N) is 2. The Morgan fingerprint density at radius 1 is 1.32 bits per heavy atom. The van der Waals surface area contributed by atoms with E-state index in [1.54, 1.807) is 0 Å². The standard InChI is InChI=1S/C20H30N4O/c1-5-21-20(23-18-13-24(14(2)3)12-15(18)4)22-11-17-10-16-8-6-7-9-19(16)25-17/h6-10,14-15,18H,5,11-13H2,1-4H3,(H2,21,22,23). The van der Waals surface area contributed by atoms with Crippen molar-refractivity contribution in [3.05, 3.63) is 36.1 Å². The van der Waals surface area contributed by atoms with Crippen LogP contribution in [0.5, 0.6) is 0 Å². The molecule has 3 rings (SSSR count). The summed E-state index contributed by atoms with van der Waals surface area (Å²) >= 11 is 0. The summed E-state index contributed by atoms with van der Waals surface area (Å²) in [6.45, 7) is 12.5. The maximum Gasteiger partial charge on any atom is 0.191 e. The molecule has 0 aliphatic carbocycles. The molecule has 0 radical (unpaired) electrons. The minimum Gasteiger partial charge on any atom is -0.459 e. The van der Waals surface area contributed by atoms with Crippen molar-refractivity contribution >= 4 is 16.9 Å². The Labute approximate surface area is 150 Å². The van der Waals surface area contributed by atoms with Crippen LogP contribution in [0.2, 0.25) is 0 Å². The Kier molecular flexibility index (Phi) is 5.63. The van der Waals surface area contributed by atoms with Crippen molar-refractivity contribution < 1.29 is 4.42 Å². The van der Waals surface area contributed by atoms with E-state index in [0.29, 0.717) is 24.5 Å². The normalized spacial score (nSPS) is 22.0. The molecule has 1 fully saturated rings. The van der Waals surface area contributed by atoms with Crippen molar-refractivity contribution in [1.82, 2.24) is 15.5 Å². The molecule has 5 nitrogen and oxygen atoms in total. The van der Waals surface area contributed by atoms with Crippen molar-refractivity contribution in [2.24, 2.45) is 10.9 Å². The first-order chi connectivity index (χ1) is 12.1. The smallest absolute Gasteiger partial charge is 0.191 e. The van der Waals surface area contributed by atoms with Gasteiger partial charge in [0.2, 0.25) is 0 Å². The largest absolute Gasteiger partial charge is 0.459 e. The second-order valence-electron chi connectivity index (χ2n) is 7.22. The van der Waals surface area contributed by atoms with Crippen LogP contribution in [0.15, 0.2) is 39.7 Å². The van der Waals surface area contributed by atoms with E-state index in [-0.39, 0.29) is 0 Å². The summed E-state index contributed by atoms with van der Waals surface area (Å²) in [5, 5.41) is 8.10. The van der Waals surface area contributed by atoms with Gasteiger partial charge in [0, 0.05) is 37.1 Å². The fraction of sp³-hybridized carbons (Fsp3) is 0.550. The Balaban J connectivity index is 1.66. The molecular formula is C20H30N4O. The number of hydrogen-bond acceptors (Lipinski definition) is 3. The third-order valence-corrected chi connectivity index (χ3v) is 4.91. The third-order valence-electron chi connectivity index (χ3n) is 4.91. The summed E-state index contributed by atoms with van der Waals surface area (Å²) in [7, 11) is 0. The number of guanidine groups is 1. The number of likely N-dealkylation sites (tertiary alicyclic amines) is 1. The number of aliphatic imine (C=N–C) groups is 1. The van der Waals surface area contributed by atoms with Gasteiger partial charge in [-0.25, -0.2) is 4.99 Å². The summed E-state index contributed by atoms with van der Waals surface area (Å²) in [4.78, 5) is 7.25. The van der Waals surface area contributed by atoms with E-state index in [4.69, 9.17) is 9.41 Å². The predicted octanol–water partition coefficient (Wildman–Crippen LogP) is 3.22. The van der Waals surface area contributed by atoms with Crippen molar-refractivity contribution in [2.45, 2.75) is 46.3 Å². The summed E-state index contributed by atoms with van der Waals surface area (Å²) in [6.07, 6.45) is 0. The number of furan rings is 1. The van der Waals surface area contributed by atoms with Crippen molar-refractivity contribution in [3.8, 4) is 0 Å². The predicted molar refractivity (Wildman–Crippen MR) is 104 cm³/mol. The summed E-state index contributed by atoms with van der Waals surface area (Å²) < 4.78 is 5.87. The molecule has 1 aromatic heterocycles. The highest BCUT2D eigenvalue weighted by Crippen LogP contribution is 2.20. The number of fused-ring (bicyclic) bond motifs is 1. The lowest BCUT2D eigenvalue weighted by molar-refractivity contribution is 0.265. The van der Waals surface area contributed by atoms with E-state index in [1.807, 2.05) is 18.2 Å². The zero-order valence-corrected chi connectivity index (χ0v) is 15.7. The molecule has 0 spiro atoms. The number of nitrogens with zero attached hydrogens (tertiary/aromatic N) is 2. The molecule has 1 aliphatic rings. The number of para-hydroxylation sites is 1. The lowest BCUT2D eigenvalue weighted by atomic mass is 10.1. The third kappa shape index (κ3) is 4.34. The van der Waals surface area contributed by atoms with Gasteiger partial charge in [0.1, 0.15) is 17.9 Å². The first kappa shape index (κ1) is 17.8. The molecule has 0 bridgehead atoms. The van der Waals surface area contributed by atoms with Gasteiger partial charge in [-0.3, -0.25) is 4.90 Å². The van der Waals surface area contributed by atoms with E-state index in [2.05, 4.69) is 55.4 Å². The summed E-state index contributed by atoms with van der Waals surface area (Å²) in [5.41, 5.74) is 0.919. The Morgan fingerprint density at radius 3 is 2.80 bits per heavy atom. The molecule has 1 saturated heterocycles. The Bertz CT molecular complexity index is 688. The van der Waals surface area contributed by atoms with Gasteiger partial charge >= 0.3 is 0 Å². The zero-order chi connectivity index (χ0) is 17.8. The number of benzene rings is 1. The maximum atomic E-state index is 5.87. The monoisotopic (exact) mass is 342 g/mol. The lowest BCUT2D eigenvalue weighted by Gasteiger charge is -2.21. The first-order valence-corrected chi connectivity index (χ1v) is 9.33. The number of rotatable bonds is 5. The van der Waals surface area contributed by atoms with Crippen molar-refractivity contribution in [2.75, 3.05) is 19.6 Å². The number of hydrogen-bond donors (Lipinski definition) is 2. The maximum absolute atomic E-state index is 5.87. The van der Waals surface area contributed by atoms with Gasteiger partial charge in [0.05, 0.1) is 0 Å². The first-order valence-electron chi connectivity index (χ1n) is 9.33. The van der Waals surface area contributed by atoms with Gasteiger partial charge in [-0.2, -0.15) is 0 Å². The molecule has 1 aromatic carbocycles. The van der Waals surface area contributed by atoms with Crippen LogP contribution in [0, 0.1) is 5.92 Å². The highest BCUT2D eigenvalue weighted by atomic mass is 16.3. The second-order valence-corrected chi connectivity index (χ2v) is 7.22. The molecule has 0 amide bonds. The molecular weight excluding hydrogens is 312 g/mol. The molecule has 2 N–H and O–H groups in total. The van der Waals surface area contributed by atoms with Crippen LogP contribution in [-0.2, 0) is 6.54 Å². The van der Waals surface area contributed by atoms with E-state index < -0.39 is 0 Å². The molecule has 25 heavy (non-hydrogen) atoms. The minimum absolute atomic E-state index is 0.427. The highest BCUT2D eigenvalue weighted by molar-refractivity contribution is 5.80. The van der Waals surface area contributed by atoms with Crippen LogP contribution >= 0.6 is 0 Å². The van der Waals surface area contributed by atoms with Gasteiger partial charge in [-0.1, -0.05) is 25.1 Å². The van der Waals surface area contributed by atoms with Gasteiger partial charge in [0.25, 0.3) is 0 Å². The van der Waals surface area contributed by atoms with E-state index in [1.165, 1.54) is 0 Å². The average Bonchev–Trinajstić information content (AvgIpc) is 3.16. The van der Waals surface area contributed by atoms with Crippen LogP contribution in [0.1, 0.15) is 33.5 Å². The fourth-order valence-electron chi connectivity index (χ4n) is 3.38. The van der Waals surface area contributed by atoms with E-state index >= 15 is 0 Å². The highest BCUT2D eigenvalue weighted by Gasteiger charge is 2.31. The van der Waals surface area contributed by atoms with Gasteiger partial charge in [-0.05, 0) is 38.8 Å². The summed E-state index contributed by atoms with van der Waals surface area (Å²) in [5.74, 6) is 2.37. The molecule has 136 valence electrons. The Morgan fingerprint density at radius 2 is 2.12 bits per heavy atom. The van der Waals surface area contributed by atoms with Gasteiger partial charge in [0.15, 0.2) is 5.96 Å². The van der Waals surface area contributed by atoms with Crippen molar-refractivity contribution in [3.63, 3.8) is 0 Å². The van der Waals surface area contributed by atoms with Crippen molar-refractivity contribution in [1.29, 1.82) is 0 Å². The molecule has 2 aromatic rings. The molecule has 2 heterocycles.